The molecule has 1 amide bonds. The number of carbonyl (C=O) groups is 4. The van der Waals surface area contributed by atoms with Gasteiger partial charge >= 0.3 is 5.97 Å². The van der Waals surface area contributed by atoms with Crippen LogP contribution < -0.4 is 10.1 Å². The number of hydrogen-bond acceptors (Lipinski definition) is 7. The minimum Gasteiger partial charge on any atom is -0.484 e. The van der Waals surface area contributed by atoms with Crippen molar-refractivity contribution in [3.05, 3.63) is 52.8 Å². The minimum atomic E-state index is -0.902. The number of carbonyl (C=O) groups excluding carboxylic acids is 4. The molecule has 0 fully saturated rings. The Kier molecular flexibility index (Phi) is 9.52. The molecule has 1 aromatic heterocycles. The van der Waals surface area contributed by atoms with E-state index in [0.717, 1.165) is 0 Å². The Labute approximate surface area is 191 Å². The van der Waals surface area contributed by atoms with Crippen molar-refractivity contribution < 1.29 is 28.7 Å². The zero-order valence-corrected chi connectivity index (χ0v) is 19.5. The monoisotopic (exact) mass is 460 g/mol. The summed E-state index contributed by atoms with van der Waals surface area (Å²) in [5.41, 5.74) is 1.82. The first-order chi connectivity index (χ1) is 15.2. The fraction of sp³-hybridized carbons (Fsp3) is 0.391. The summed E-state index contributed by atoms with van der Waals surface area (Å²) in [5, 5.41) is 2.61. The van der Waals surface area contributed by atoms with E-state index in [1.807, 2.05) is 12.3 Å². The van der Waals surface area contributed by atoms with Crippen LogP contribution in [0.2, 0.25) is 0 Å². The van der Waals surface area contributed by atoms with Gasteiger partial charge in [-0.2, -0.15) is 11.8 Å². The molecule has 1 aromatic carbocycles. The average molecular weight is 461 g/mol. The normalized spacial score (nSPS) is 11.5. The number of amides is 1. The van der Waals surface area contributed by atoms with Crippen LogP contribution in [0.4, 0.5) is 0 Å². The van der Waals surface area contributed by atoms with Gasteiger partial charge in [-0.3, -0.25) is 14.4 Å². The van der Waals surface area contributed by atoms with Gasteiger partial charge in [0.1, 0.15) is 11.8 Å². The summed E-state index contributed by atoms with van der Waals surface area (Å²) in [7, 11) is 0. The van der Waals surface area contributed by atoms with Gasteiger partial charge in [0.2, 0.25) is 5.78 Å². The maximum Gasteiger partial charge on any atom is 0.329 e. The van der Waals surface area contributed by atoms with Gasteiger partial charge in [0.15, 0.2) is 19.0 Å². The Balaban J connectivity index is 1.95. The largest absolute Gasteiger partial charge is 0.484 e. The highest BCUT2D eigenvalue weighted by Crippen LogP contribution is 2.19. The molecule has 172 valence electrons. The van der Waals surface area contributed by atoms with Crippen LogP contribution in [0.3, 0.4) is 0 Å². The van der Waals surface area contributed by atoms with Gasteiger partial charge < -0.3 is 19.8 Å². The quantitative estimate of drug-likeness (QED) is 0.370. The first kappa shape index (κ1) is 25.2. The summed E-state index contributed by atoms with van der Waals surface area (Å²) < 4.78 is 10.6. The zero-order chi connectivity index (χ0) is 23.7. The number of ether oxygens (including phenoxy) is 2. The molecule has 0 spiro atoms. The summed E-state index contributed by atoms with van der Waals surface area (Å²) in [6, 6.07) is 7.95. The predicted octanol–water partition coefficient (Wildman–Crippen LogP) is 2.88. The van der Waals surface area contributed by atoms with Gasteiger partial charge in [-0.25, -0.2) is 4.79 Å². The number of aryl methyl sites for hydroxylation is 1. The van der Waals surface area contributed by atoms with Crippen LogP contribution in [0, 0.1) is 13.8 Å². The van der Waals surface area contributed by atoms with E-state index >= 15 is 0 Å². The minimum absolute atomic E-state index is 0.148. The molecule has 0 aliphatic rings. The van der Waals surface area contributed by atoms with Gasteiger partial charge in [-0.1, -0.05) is 18.2 Å². The molecule has 2 rings (SSSR count). The molecule has 0 saturated carbocycles. The molecule has 32 heavy (non-hydrogen) atoms. The highest BCUT2D eigenvalue weighted by Gasteiger charge is 2.25. The smallest absolute Gasteiger partial charge is 0.329 e. The molecule has 0 radical (unpaired) electrons. The van der Waals surface area contributed by atoms with Crippen LogP contribution in [0.5, 0.6) is 5.75 Å². The first-order valence-electron chi connectivity index (χ1n) is 10.1. The number of aromatic amines is 1. The van der Waals surface area contributed by atoms with Crippen LogP contribution >= 0.6 is 11.8 Å². The first-order valence-corrected chi connectivity index (χ1v) is 11.5. The van der Waals surface area contributed by atoms with E-state index in [0.29, 0.717) is 34.7 Å². The highest BCUT2D eigenvalue weighted by atomic mass is 32.2. The fourth-order valence-corrected chi connectivity index (χ4v) is 3.72. The number of benzene rings is 1. The lowest BCUT2D eigenvalue weighted by Gasteiger charge is -2.17. The van der Waals surface area contributed by atoms with Crippen molar-refractivity contribution in [2.75, 3.05) is 25.2 Å². The molecule has 0 bridgehead atoms. The third-order valence-corrected chi connectivity index (χ3v) is 5.40. The number of thioether (sulfide) groups is 1. The lowest BCUT2D eigenvalue weighted by molar-refractivity contribution is -0.147. The molecule has 2 aromatic rings. The second-order valence-electron chi connectivity index (χ2n) is 7.22. The van der Waals surface area contributed by atoms with Crippen molar-refractivity contribution in [3.63, 3.8) is 0 Å². The number of rotatable bonds is 12. The summed E-state index contributed by atoms with van der Waals surface area (Å²) in [5.74, 6) is -0.611. The van der Waals surface area contributed by atoms with E-state index in [2.05, 4.69) is 10.3 Å². The number of H-pyrrole nitrogens is 1. The highest BCUT2D eigenvalue weighted by molar-refractivity contribution is 7.98. The number of ketones is 2. The number of aromatic nitrogens is 1. The van der Waals surface area contributed by atoms with Crippen LogP contribution in [0.25, 0.3) is 0 Å². The Hall–Kier alpha value is -3.07. The lowest BCUT2D eigenvalue weighted by atomic mass is 10.1. The van der Waals surface area contributed by atoms with E-state index in [1.54, 1.807) is 38.1 Å². The van der Waals surface area contributed by atoms with E-state index in [9.17, 15) is 19.2 Å². The van der Waals surface area contributed by atoms with Crippen molar-refractivity contribution in [2.24, 2.45) is 0 Å². The molecule has 1 atom stereocenters. The fourth-order valence-electron chi connectivity index (χ4n) is 3.25. The molecule has 0 aliphatic heterocycles. The number of nitrogens with one attached hydrogen (secondary N) is 2. The average Bonchev–Trinajstić information content (AvgIpc) is 3.08. The van der Waals surface area contributed by atoms with Gasteiger partial charge in [0, 0.05) is 11.3 Å². The van der Waals surface area contributed by atoms with Crippen LogP contribution in [0.15, 0.2) is 30.3 Å². The third-order valence-electron chi connectivity index (χ3n) is 4.76. The Morgan fingerprint density at radius 1 is 1.09 bits per heavy atom. The van der Waals surface area contributed by atoms with Gasteiger partial charge in [-0.15, -0.1) is 0 Å². The Morgan fingerprint density at radius 3 is 2.38 bits per heavy atom. The number of esters is 1. The molecule has 1 heterocycles. The standard InChI is InChI=1S/C23H28N2O6S/c1-14-21(16(3)26)15(2)24-22(14)19(27)12-31-23(29)18(10-11-32-4)25-20(28)13-30-17-8-6-5-7-9-17/h5-9,18,24H,10-13H2,1-4H3,(H,25,28)/t18-/m1/s1. The van der Waals surface area contributed by atoms with Crippen LogP contribution in [0.1, 0.15) is 45.4 Å². The molecule has 2 N–H and O–H groups in total. The van der Waals surface area contributed by atoms with Crippen molar-refractivity contribution in [2.45, 2.75) is 33.2 Å². The van der Waals surface area contributed by atoms with Gasteiger partial charge in [0.25, 0.3) is 5.91 Å². The maximum atomic E-state index is 12.6. The third kappa shape index (κ3) is 6.98. The van der Waals surface area contributed by atoms with E-state index < -0.39 is 30.3 Å². The SMILES string of the molecule is CSCC[C@@H](NC(=O)COc1ccccc1)C(=O)OCC(=O)c1[nH]c(C)c(C(C)=O)c1C. The molecular weight excluding hydrogens is 432 g/mol. The van der Waals surface area contributed by atoms with Crippen molar-refractivity contribution in [3.8, 4) is 5.75 Å². The summed E-state index contributed by atoms with van der Waals surface area (Å²) >= 11 is 1.52. The van der Waals surface area contributed by atoms with Gasteiger partial charge in [0.05, 0.1) is 5.69 Å². The van der Waals surface area contributed by atoms with Crippen LogP contribution in [-0.4, -0.2) is 59.7 Å². The summed E-state index contributed by atoms with van der Waals surface area (Å²) in [6.07, 6.45) is 2.23. The maximum absolute atomic E-state index is 12.6. The van der Waals surface area contributed by atoms with E-state index in [-0.39, 0.29) is 18.1 Å². The number of Topliss-reactive ketones (excluding diaryl/α,β-unsaturated/α-hetero) is 2. The summed E-state index contributed by atoms with van der Waals surface area (Å²) in [6.45, 7) is 4.06. The van der Waals surface area contributed by atoms with Crippen molar-refractivity contribution in [1.29, 1.82) is 0 Å². The van der Waals surface area contributed by atoms with Crippen molar-refractivity contribution in [1.82, 2.24) is 10.3 Å². The zero-order valence-electron chi connectivity index (χ0n) is 18.7. The van der Waals surface area contributed by atoms with E-state index in [4.69, 9.17) is 9.47 Å². The molecule has 9 heteroatoms. The molecule has 0 unspecified atom stereocenters. The van der Waals surface area contributed by atoms with Gasteiger partial charge in [-0.05, 0) is 56.9 Å². The Bertz CT molecular complexity index is 970. The lowest BCUT2D eigenvalue weighted by Crippen LogP contribution is -2.44. The van der Waals surface area contributed by atoms with Crippen molar-refractivity contribution >= 4 is 35.2 Å². The Morgan fingerprint density at radius 2 is 1.78 bits per heavy atom. The number of hydrogen-bond donors (Lipinski definition) is 2. The molecule has 0 saturated heterocycles. The predicted molar refractivity (Wildman–Crippen MR) is 122 cm³/mol. The second-order valence-corrected chi connectivity index (χ2v) is 8.20. The second kappa shape index (κ2) is 12.1. The molecule has 8 nitrogen and oxygen atoms in total. The van der Waals surface area contributed by atoms with E-state index in [1.165, 1.54) is 18.7 Å². The summed E-state index contributed by atoms with van der Waals surface area (Å²) in [4.78, 5) is 52.0. The molecular formula is C23H28N2O6S. The number of para-hydroxylation sites is 1. The van der Waals surface area contributed by atoms with Crippen LogP contribution in [-0.2, 0) is 14.3 Å². The molecule has 0 aliphatic carbocycles. The topological polar surface area (TPSA) is 115 Å².